The minimum Gasteiger partial charge on any atom is -0.288 e. The standard InChI is InChI=1S/C14H12Cl2O2/c1-2-3-4-8-5-6-9-10(7-8)14(18)12(16)11(15)13(9)17/h5-7H,2-4H2,1H3. The monoisotopic (exact) mass is 282 g/mol. The minimum atomic E-state index is -0.377. The fraction of sp³-hybridized carbons (Fsp3) is 0.286. The van der Waals surface area contributed by atoms with E-state index in [1.165, 1.54) is 0 Å². The first-order valence-corrected chi connectivity index (χ1v) is 6.59. The molecule has 0 spiro atoms. The van der Waals surface area contributed by atoms with Crippen LogP contribution in [0, 0.1) is 0 Å². The average Bonchev–Trinajstić information content (AvgIpc) is 2.40. The summed E-state index contributed by atoms with van der Waals surface area (Å²) in [6, 6.07) is 5.27. The Morgan fingerprint density at radius 2 is 1.61 bits per heavy atom. The summed E-state index contributed by atoms with van der Waals surface area (Å²) in [7, 11) is 0. The Morgan fingerprint density at radius 1 is 1.00 bits per heavy atom. The highest BCUT2D eigenvalue weighted by atomic mass is 35.5. The Labute approximate surface area is 116 Å². The van der Waals surface area contributed by atoms with Crippen LogP contribution in [0.4, 0.5) is 0 Å². The van der Waals surface area contributed by atoms with Crippen LogP contribution in [0.2, 0.25) is 0 Å². The van der Waals surface area contributed by atoms with Gasteiger partial charge in [0.25, 0.3) is 0 Å². The number of carbonyl (C=O) groups excluding carboxylic acids is 2. The number of benzene rings is 1. The molecule has 2 nitrogen and oxygen atoms in total. The van der Waals surface area contributed by atoms with E-state index in [1.54, 1.807) is 12.1 Å². The van der Waals surface area contributed by atoms with Crippen molar-refractivity contribution >= 4 is 34.8 Å². The Balaban J connectivity index is 2.45. The molecule has 2 rings (SSSR count). The highest BCUT2D eigenvalue weighted by Crippen LogP contribution is 2.31. The van der Waals surface area contributed by atoms with Gasteiger partial charge in [-0.2, -0.15) is 0 Å². The smallest absolute Gasteiger partial charge is 0.206 e. The maximum absolute atomic E-state index is 12.0. The van der Waals surface area contributed by atoms with E-state index in [2.05, 4.69) is 6.92 Å². The lowest BCUT2D eigenvalue weighted by atomic mass is 9.91. The number of allylic oxidation sites excluding steroid dienone is 2. The largest absolute Gasteiger partial charge is 0.288 e. The van der Waals surface area contributed by atoms with Crippen molar-refractivity contribution in [3.8, 4) is 0 Å². The van der Waals surface area contributed by atoms with Crippen molar-refractivity contribution < 1.29 is 9.59 Å². The van der Waals surface area contributed by atoms with E-state index in [0.717, 1.165) is 24.8 Å². The van der Waals surface area contributed by atoms with Crippen LogP contribution in [-0.4, -0.2) is 11.6 Å². The van der Waals surface area contributed by atoms with Crippen molar-refractivity contribution in [2.24, 2.45) is 0 Å². The van der Waals surface area contributed by atoms with Gasteiger partial charge in [-0.1, -0.05) is 42.6 Å². The second-order valence-electron chi connectivity index (χ2n) is 4.27. The predicted molar refractivity (Wildman–Crippen MR) is 72.4 cm³/mol. The zero-order valence-electron chi connectivity index (χ0n) is 9.93. The number of ketones is 2. The number of unbranched alkanes of at least 4 members (excludes halogenated alkanes) is 1. The van der Waals surface area contributed by atoms with Crippen molar-refractivity contribution in [1.29, 1.82) is 0 Å². The topological polar surface area (TPSA) is 34.1 Å². The first-order valence-electron chi connectivity index (χ1n) is 5.83. The van der Waals surface area contributed by atoms with Crippen molar-refractivity contribution in [1.82, 2.24) is 0 Å². The third-order valence-electron chi connectivity index (χ3n) is 2.98. The second kappa shape index (κ2) is 5.25. The molecule has 0 atom stereocenters. The molecular weight excluding hydrogens is 271 g/mol. The van der Waals surface area contributed by atoms with Gasteiger partial charge in [0.1, 0.15) is 10.1 Å². The van der Waals surface area contributed by atoms with Gasteiger partial charge < -0.3 is 0 Å². The van der Waals surface area contributed by atoms with Gasteiger partial charge in [0.05, 0.1) is 0 Å². The maximum Gasteiger partial charge on any atom is 0.206 e. The molecule has 1 aliphatic carbocycles. The van der Waals surface area contributed by atoms with Gasteiger partial charge in [-0.05, 0) is 30.5 Å². The molecular formula is C14H12Cl2O2. The van der Waals surface area contributed by atoms with E-state index in [4.69, 9.17) is 23.2 Å². The molecule has 0 aromatic heterocycles. The van der Waals surface area contributed by atoms with Crippen LogP contribution < -0.4 is 0 Å². The van der Waals surface area contributed by atoms with E-state index in [0.29, 0.717) is 11.1 Å². The van der Waals surface area contributed by atoms with Gasteiger partial charge in [0.15, 0.2) is 0 Å². The molecule has 0 fully saturated rings. The van der Waals surface area contributed by atoms with Crippen molar-refractivity contribution in [3.05, 3.63) is 45.0 Å². The van der Waals surface area contributed by atoms with E-state index in [9.17, 15) is 9.59 Å². The highest BCUT2D eigenvalue weighted by molar-refractivity contribution is 6.59. The number of hydrogen-bond donors (Lipinski definition) is 0. The number of halogens is 2. The summed E-state index contributed by atoms with van der Waals surface area (Å²) in [5.41, 5.74) is 1.75. The number of carbonyl (C=O) groups is 2. The number of aryl methyl sites for hydroxylation is 1. The SMILES string of the molecule is CCCCc1ccc2c(c1)C(=O)C(Cl)=C(Cl)C2=O. The Kier molecular flexibility index (Phi) is 3.88. The van der Waals surface area contributed by atoms with Crippen LogP contribution in [0.3, 0.4) is 0 Å². The second-order valence-corrected chi connectivity index (χ2v) is 5.03. The van der Waals surface area contributed by atoms with Crippen LogP contribution >= 0.6 is 23.2 Å². The number of fused-ring (bicyclic) bond motifs is 1. The van der Waals surface area contributed by atoms with Gasteiger partial charge in [-0.15, -0.1) is 0 Å². The van der Waals surface area contributed by atoms with Gasteiger partial charge in [-0.25, -0.2) is 0 Å². The highest BCUT2D eigenvalue weighted by Gasteiger charge is 2.30. The molecule has 1 aliphatic rings. The van der Waals surface area contributed by atoms with E-state index >= 15 is 0 Å². The van der Waals surface area contributed by atoms with E-state index in [-0.39, 0.29) is 21.6 Å². The lowest BCUT2D eigenvalue weighted by molar-refractivity contribution is 0.0987. The first kappa shape index (κ1) is 13.3. The zero-order valence-corrected chi connectivity index (χ0v) is 11.4. The molecule has 0 aliphatic heterocycles. The lowest BCUT2D eigenvalue weighted by Crippen LogP contribution is -2.18. The predicted octanol–water partition coefficient (Wildman–Crippen LogP) is 4.10. The summed E-state index contributed by atoms with van der Waals surface area (Å²) in [5, 5.41) is -0.364. The third-order valence-corrected chi connectivity index (χ3v) is 3.80. The lowest BCUT2D eigenvalue weighted by Gasteiger charge is -2.15. The summed E-state index contributed by atoms with van der Waals surface area (Å²) in [5.74, 6) is -0.743. The van der Waals surface area contributed by atoms with Crippen molar-refractivity contribution in [3.63, 3.8) is 0 Å². The molecule has 94 valence electrons. The summed E-state index contributed by atoms with van der Waals surface area (Å²) in [6.45, 7) is 2.10. The van der Waals surface area contributed by atoms with Gasteiger partial charge in [0.2, 0.25) is 11.6 Å². The van der Waals surface area contributed by atoms with Crippen LogP contribution in [0.1, 0.15) is 46.0 Å². The fourth-order valence-corrected chi connectivity index (χ4v) is 2.32. The Morgan fingerprint density at radius 3 is 2.22 bits per heavy atom. The molecule has 18 heavy (non-hydrogen) atoms. The van der Waals surface area contributed by atoms with Crippen LogP contribution in [0.25, 0.3) is 0 Å². The zero-order chi connectivity index (χ0) is 13.3. The normalized spacial score (nSPS) is 15.1. The molecule has 0 unspecified atom stereocenters. The first-order chi connectivity index (χ1) is 8.56. The summed E-state index contributed by atoms with van der Waals surface area (Å²) >= 11 is 11.5. The summed E-state index contributed by atoms with van der Waals surface area (Å²) in [4.78, 5) is 23.8. The average molecular weight is 283 g/mol. The van der Waals surface area contributed by atoms with Gasteiger partial charge in [-0.3, -0.25) is 9.59 Å². The summed E-state index contributed by atoms with van der Waals surface area (Å²) < 4.78 is 0. The fourth-order valence-electron chi connectivity index (χ4n) is 1.95. The molecule has 1 aromatic carbocycles. The van der Waals surface area contributed by atoms with Crippen molar-refractivity contribution in [2.75, 3.05) is 0 Å². The number of Topliss-reactive ketones (excluding diaryl/α,β-unsaturated/α-hetero) is 2. The molecule has 4 heteroatoms. The molecule has 0 heterocycles. The molecule has 0 saturated carbocycles. The Hall–Kier alpha value is -1.12. The van der Waals surface area contributed by atoms with Crippen LogP contribution in [0.15, 0.2) is 28.3 Å². The molecule has 0 radical (unpaired) electrons. The molecule has 1 aromatic rings. The molecule has 0 bridgehead atoms. The number of rotatable bonds is 3. The quantitative estimate of drug-likeness (QED) is 0.837. The third kappa shape index (κ3) is 2.23. The van der Waals surface area contributed by atoms with Crippen LogP contribution in [0.5, 0.6) is 0 Å². The van der Waals surface area contributed by atoms with Crippen LogP contribution in [-0.2, 0) is 6.42 Å². The minimum absolute atomic E-state index is 0.179. The summed E-state index contributed by atoms with van der Waals surface area (Å²) in [6.07, 6.45) is 3.02. The van der Waals surface area contributed by atoms with E-state index < -0.39 is 0 Å². The van der Waals surface area contributed by atoms with Gasteiger partial charge >= 0.3 is 0 Å². The maximum atomic E-state index is 12.0. The number of hydrogen-bond acceptors (Lipinski definition) is 2. The molecule has 0 saturated heterocycles. The Bertz CT molecular complexity index is 559. The van der Waals surface area contributed by atoms with Crippen molar-refractivity contribution in [2.45, 2.75) is 26.2 Å². The molecule has 0 amide bonds. The van der Waals surface area contributed by atoms with E-state index in [1.807, 2.05) is 6.07 Å². The van der Waals surface area contributed by atoms with Gasteiger partial charge in [0, 0.05) is 11.1 Å². The molecule has 0 N–H and O–H groups in total.